The lowest BCUT2D eigenvalue weighted by Crippen LogP contribution is -2.31. The molecule has 1 rings (SSSR count). The van der Waals surface area contributed by atoms with E-state index in [4.69, 9.17) is 0 Å². The van der Waals surface area contributed by atoms with Crippen molar-refractivity contribution in [3.8, 4) is 0 Å². The maximum atomic E-state index is 12.2. The number of ketones is 1. The molecule has 0 aromatic heterocycles. The SMILES string of the molecule is CCCCN(CC)C(=O)/C=C(/C)C(=O)Nc1ccc(C(C)=O)cc1. The summed E-state index contributed by atoms with van der Waals surface area (Å²) in [5.41, 5.74) is 1.53. The second-order valence-electron chi connectivity index (χ2n) is 5.69. The number of amides is 2. The quantitative estimate of drug-likeness (QED) is 0.586. The molecular formula is C19H26N2O3. The van der Waals surface area contributed by atoms with Crippen molar-refractivity contribution >= 4 is 23.3 Å². The molecule has 0 bridgehead atoms. The van der Waals surface area contributed by atoms with Crippen molar-refractivity contribution in [2.75, 3.05) is 18.4 Å². The molecule has 130 valence electrons. The predicted octanol–water partition coefficient (Wildman–Crippen LogP) is 3.42. The normalized spacial score (nSPS) is 11.1. The summed E-state index contributed by atoms with van der Waals surface area (Å²) in [4.78, 5) is 37.3. The van der Waals surface area contributed by atoms with Gasteiger partial charge in [0.05, 0.1) is 0 Å². The number of Topliss-reactive ketones (excluding diaryl/α,β-unsaturated/α-hetero) is 1. The second-order valence-corrected chi connectivity index (χ2v) is 5.69. The number of hydrogen-bond donors (Lipinski definition) is 1. The van der Waals surface area contributed by atoms with Gasteiger partial charge in [-0.25, -0.2) is 0 Å². The number of hydrogen-bond acceptors (Lipinski definition) is 3. The van der Waals surface area contributed by atoms with Crippen molar-refractivity contribution in [2.45, 2.75) is 40.5 Å². The monoisotopic (exact) mass is 330 g/mol. The molecule has 0 unspecified atom stereocenters. The fourth-order valence-electron chi connectivity index (χ4n) is 2.13. The van der Waals surface area contributed by atoms with E-state index in [1.807, 2.05) is 6.92 Å². The van der Waals surface area contributed by atoms with Crippen LogP contribution in [0.5, 0.6) is 0 Å². The molecule has 5 nitrogen and oxygen atoms in total. The lowest BCUT2D eigenvalue weighted by atomic mass is 10.1. The van der Waals surface area contributed by atoms with Gasteiger partial charge >= 0.3 is 0 Å². The zero-order valence-electron chi connectivity index (χ0n) is 14.9. The summed E-state index contributed by atoms with van der Waals surface area (Å²) in [6.45, 7) is 8.42. The Morgan fingerprint density at radius 3 is 2.21 bits per heavy atom. The minimum atomic E-state index is -0.328. The topological polar surface area (TPSA) is 66.5 Å². The molecule has 1 aromatic rings. The van der Waals surface area contributed by atoms with Crippen LogP contribution in [0, 0.1) is 0 Å². The molecule has 0 aliphatic rings. The van der Waals surface area contributed by atoms with Gasteiger partial charge in [-0.1, -0.05) is 13.3 Å². The van der Waals surface area contributed by atoms with Crippen molar-refractivity contribution in [1.29, 1.82) is 0 Å². The minimum absolute atomic E-state index is 0.0266. The highest BCUT2D eigenvalue weighted by Gasteiger charge is 2.12. The van der Waals surface area contributed by atoms with E-state index in [1.165, 1.54) is 13.0 Å². The molecular weight excluding hydrogens is 304 g/mol. The third-order valence-corrected chi connectivity index (χ3v) is 3.72. The maximum absolute atomic E-state index is 12.2. The number of nitrogens with one attached hydrogen (secondary N) is 1. The van der Waals surface area contributed by atoms with Crippen molar-refractivity contribution in [1.82, 2.24) is 4.90 Å². The van der Waals surface area contributed by atoms with Crippen LogP contribution in [-0.2, 0) is 9.59 Å². The highest BCUT2D eigenvalue weighted by atomic mass is 16.2. The van der Waals surface area contributed by atoms with Gasteiger partial charge in [0.25, 0.3) is 5.91 Å². The fraction of sp³-hybridized carbons (Fsp3) is 0.421. The number of carbonyl (C=O) groups is 3. The van der Waals surface area contributed by atoms with Gasteiger partial charge in [-0.2, -0.15) is 0 Å². The summed E-state index contributed by atoms with van der Waals surface area (Å²) < 4.78 is 0. The molecule has 0 aliphatic carbocycles. The Morgan fingerprint density at radius 1 is 1.08 bits per heavy atom. The van der Waals surface area contributed by atoms with Crippen LogP contribution < -0.4 is 5.32 Å². The molecule has 0 radical (unpaired) electrons. The first-order chi connectivity index (χ1) is 11.4. The van der Waals surface area contributed by atoms with Crippen LogP contribution in [0.2, 0.25) is 0 Å². The van der Waals surface area contributed by atoms with Crippen LogP contribution in [0.3, 0.4) is 0 Å². The largest absolute Gasteiger partial charge is 0.339 e. The number of benzene rings is 1. The summed E-state index contributed by atoms with van der Waals surface area (Å²) >= 11 is 0. The summed E-state index contributed by atoms with van der Waals surface area (Å²) in [6, 6.07) is 6.66. The van der Waals surface area contributed by atoms with Crippen LogP contribution in [0.1, 0.15) is 50.9 Å². The Hall–Kier alpha value is -2.43. The van der Waals surface area contributed by atoms with Gasteiger partial charge < -0.3 is 10.2 Å². The molecule has 1 aromatic carbocycles. The Balaban J connectivity index is 2.71. The number of anilines is 1. The highest BCUT2D eigenvalue weighted by molar-refractivity contribution is 6.07. The molecule has 0 spiro atoms. The van der Waals surface area contributed by atoms with Gasteiger partial charge in [-0.05, 0) is 51.5 Å². The lowest BCUT2D eigenvalue weighted by Gasteiger charge is -2.19. The van der Waals surface area contributed by atoms with E-state index < -0.39 is 0 Å². The number of rotatable bonds is 8. The fourth-order valence-corrected chi connectivity index (χ4v) is 2.13. The van der Waals surface area contributed by atoms with E-state index in [0.717, 1.165) is 12.8 Å². The Morgan fingerprint density at radius 2 is 1.71 bits per heavy atom. The second kappa shape index (κ2) is 9.65. The summed E-state index contributed by atoms with van der Waals surface area (Å²) in [6.07, 6.45) is 3.34. The van der Waals surface area contributed by atoms with Crippen LogP contribution >= 0.6 is 0 Å². The van der Waals surface area contributed by atoms with E-state index in [2.05, 4.69) is 12.2 Å². The van der Waals surface area contributed by atoms with E-state index in [1.54, 1.807) is 36.1 Å². The lowest BCUT2D eigenvalue weighted by molar-refractivity contribution is -0.126. The zero-order valence-corrected chi connectivity index (χ0v) is 14.9. The third-order valence-electron chi connectivity index (χ3n) is 3.72. The molecule has 2 amide bonds. The van der Waals surface area contributed by atoms with Crippen LogP contribution in [0.15, 0.2) is 35.9 Å². The van der Waals surface area contributed by atoms with Gasteiger partial charge in [-0.3, -0.25) is 14.4 Å². The van der Waals surface area contributed by atoms with Gasteiger partial charge in [0.2, 0.25) is 5.91 Å². The molecule has 0 fully saturated rings. The molecule has 0 saturated heterocycles. The zero-order chi connectivity index (χ0) is 18.1. The first kappa shape index (κ1) is 19.6. The first-order valence-corrected chi connectivity index (χ1v) is 8.28. The summed E-state index contributed by atoms with van der Waals surface area (Å²) in [5.74, 6) is -0.503. The van der Waals surface area contributed by atoms with Gasteiger partial charge in [0, 0.05) is 36.0 Å². The number of unbranched alkanes of at least 4 members (excludes halogenated alkanes) is 1. The molecule has 0 heterocycles. The van der Waals surface area contributed by atoms with Crippen molar-refractivity contribution in [2.24, 2.45) is 0 Å². The smallest absolute Gasteiger partial charge is 0.251 e. The minimum Gasteiger partial charge on any atom is -0.339 e. The van der Waals surface area contributed by atoms with E-state index in [0.29, 0.717) is 29.9 Å². The Bertz CT molecular complexity index is 618. The van der Waals surface area contributed by atoms with Crippen molar-refractivity contribution in [3.05, 3.63) is 41.5 Å². The van der Waals surface area contributed by atoms with Crippen LogP contribution in [0.4, 0.5) is 5.69 Å². The van der Waals surface area contributed by atoms with Gasteiger partial charge in [0.15, 0.2) is 5.78 Å². The molecule has 24 heavy (non-hydrogen) atoms. The summed E-state index contributed by atoms with van der Waals surface area (Å²) in [5, 5.41) is 2.72. The Labute approximate surface area is 143 Å². The number of carbonyl (C=O) groups excluding carboxylic acids is 3. The van der Waals surface area contributed by atoms with Gasteiger partial charge in [0.1, 0.15) is 0 Å². The maximum Gasteiger partial charge on any atom is 0.251 e. The van der Waals surface area contributed by atoms with E-state index in [9.17, 15) is 14.4 Å². The standard InChI is InChI=1S/C19H26N2O3/c1-5-7-12-21(6-2)18(23)13-14(3)19(24)20-17-10-8-16(9-11-17)15(4)22/h8-11,13H,5-7,12H2,1-4H3,(H,20,24)/b14-13-. The van der Waals surface area contributed by atoms with E-state index in [-0.39, 0.29) is 17.6 Å². The molecule has 0 aliphatic heterocycles. The first-order valence-electron chi connectivity index (χ1n) is 8.28. The van der Waals surface area contributed by atoms with Crippen molar-refractivity contribution in [3.63, 3.8) is 0 Å². The average Bonchev–Trinajstić information content (AvgIpc) is 2.55. The predicted molar refractivity (Wildman–Crippen MR) is 96.0 cm³/mol. The van der Waals surface area contributed by atoms with Crippen LogP contribution in [-0.4, -0.2) is 35.6 Å². The van der Waals surface area contributed by atoms with Gasteiger partial charge in [-0.15, -0.1) is 0 Å². The number of likely N-dealkylation sites (N-methyl/N-ethyl adjacent to an activating group) is 1. The Kier molecular flexibility index (Phi) is 7.89. The molecule has 0 atom stereocenters. The summed E-state index contributed by atoms with van der Waals surface area (Å²) in [7, 11) is 0. The third kappa shape index (κ3) is 5.99. The molecule has 1 N–H and O–H groups in total. The van der Waals surface area contributed by atoms with Crippen LogP contribution in [0.25, 0.3) is 0 Å². The van der Waals surface area contributed by atoms with E-state index >= 15 is 0 Å². The van der Waals surface area contributed by atoms with Crippen molar-refractivity contribution < 1.29 is 14.4 Å². The number of nitrogens with zero attached hydrogens (tertiary/aromatic N) is 1. The highest BCUT2D eigenvalue weighted by Crippen LogP contribution is 2.11. The average molecular weight is 330 g/mol. The molecule has 5 heteroatoms. The molecule has 0 saturated carbocycles.